The van der Waals surface area contributed by atoms with Crippen molar-refractivity contribution < 1.29 is 23.9 Å². The fourth-order valence-corrected chi connectivity index (χ4v) is 4.31. The van der Waals surface area contributed by atoms with Crippen molar-refractivity contribution in [2.24, 2.45) is 0 Å². The maximum Gasteiger partial charge on any atom is 0.261 e. The molecule has 1 aliphatic carbocycles. The second-order valence-corrected chi connectivity index (χ2v) is 7.95. The number of amides is 3. The first-order valence-electron chi connectivity index (χ1n) is 10.3. The Hall–Kier alpha value is -3.35. The van der Waals surface area contributed by atoms with Gasteiger partial charge in [0.1, 0.15) is 0 Å². The molecule has 0 saturated heterocycles. The van der Waals surface area contributed by atoms with Crippen LogP contribution in [0.2, 0.25) is 0 Å². The smallest absolute Gasteiger partial charge is 0.261 e. The molecule has 0 atom stereocenters. The quantitative estimate of drug-likeness (QED) is 0.788. The van der Waals surface area contributed by atoms with E-state index in [0.29, 0.717) is 22.6 Å². The van der Waals surface area contributed by atoms with Gasteiger partial charge in [-0.15, -0.1) is 0 Å². The minimum atomic E-state index is -0.389. The van der Waals surface area contributed by atoms with Crippen molar-refractivity contribution in [3.05, 3.63) is 58.7 Å². The zero-order valence-corrected chi connectivity index (χ0v) is 16.5. The van der Waals surface area contributed by atoms with E-state index < -0.39 is 0 Å². The summed E-state index contributed by atoms with van der Waals surface area (Å²) in [5.41, 5.74) is 1.78. The van der Waals surface area contributed by atoms with Crippen LogP contribution in [0.1, 0.15) is 68.7 Å². The van der Waals surface area contributed by atoms with Crippen LogP contribution >= 0.6 is 0 Å². The summed E-state index contributed by atoms with van der Waals surface area (Å²) in [5, 5.41) is 3.05. The highest BCUT2D eigenvalue weighted by Gasteiger charge is 2.36. The van der Waals surface area contributed by atoms with Crippen LogP contribution in [0.5, 0.6) is 11.5 Å². The van der Waals surface area contributed by atoms with E-state index in [-0.39, 0.29) is 42.7 Å². The summed E-state index contributed by atoms with van der Waals surface area (Å²) < 4.78 is 10.7. The van der Waals surface area contributed by atoms with Gasteiger partial charge in [-0.05, 0) is 48.7 Å². The molecule has 2 heterocycles. The first-order chi connectivity index (χ1) is 14.6. The van der Waals surface area contributed by atoms with Gasteiger partial charge in [-0.1, -0.05) is 25.3 Å². The number of rotatable bonds is 4. The van der Waals surface area contributed by atoms with E-state index in [1.807, 2.05) is 0 Å². The molecule has 2 aromatic rings. The van der Waals surface area contributed by atoms with Crippen LogP contribution in [-0.4, -0.2) is 35.5 Å². The predicted molar refractivity (Wildman–Crippen MR) is 108 cm³/mol. The van der Waals surface area contributed by atoms with Crippen LogP contribution in [0, 0.1) is 0 Å². The topological polar surface area (TPSA) is 84.9 Å². The Bertz CT molecular complexity index is 1040. The Morgan fingerprint density at radius 2 is 1.70 bits per heavy atom. The van der Waals surface area contributed by atoms with Crippen molar-refractivity contribution in [2.75, 3.05) is 6.79 Å². The fourth-order valence-electron chi connectivity index (χ4n) is 4.31. The number of hydrogen-bond acceptors (Lipinski definition) is 5. The number of imide groups is 1. The van der Waals surface area contributed by atoms with Crippen molar-refractivity contribution >= 4 is 17.7 Å². The summed E-state index contributed by atoms with van der Waals surface area (Å²) in [7, 11) is 0. The molecule has 30 heavy (non-hydrogen) atoms. The van der Waals surface area contributed by atoms with Crippen molar-refractivity contribution in [1.82, 2.24) is 10.2 Å². The molecular formula is C23H22N2O5. The summed E-state index contributed by atoms with van der Waals surface area (Å²) in [5.74, 6) is 0.312. The number of benzene rings is 2. The molecule has 2 aromatic carbocycles. The summed E-state index contributed by atoms with van der Waals surface area (Å²) >= 11 is 0. The zero-order chi connectivity index (χ0) is 20.7. The van der Waals surface area contributed by atoms with Gasteiger partial charge in [0.05, 0.1) is 17.7 Å². The van der Waals surface area contributed by atoms with Gasteiger partial charge in [-0.3, -0.25) is 19.3 Å². The first kappa shape index (κ1) is 18.7. The molecule has 5 rings (SSSR count). The molecule has 154 valence electrons. The SMILES string of the molecule is O=C(NC1CCCCC1)c1ccc2c(c1)C(=O)N(Cc1ccc3c(c1)OCO3)C2=O. The number of ether oxygens (including phenoxy) is 2. The van der Waals surface area contributed by atoms with Crippen LogP contribution in [0.15, 0.2) is 36.4 Å². The van der Waals surface area contributed by atoms with E-state index in [4.69, 9.17) is 9.47 Å². The second-order valence-electron chi connectivity index (χ2n) is 7.95. The van der Waals surface area contributed by atoms with E-state index in [2.05, 4.69) is 5.32 Å². The number of hydrogen-bond donors (Lipinski definition) is 1. The average Bonchev–Trinajstić information content (AvgIpc) is 3.32. The predicted octanol–water partition coefficient (Wildman–Crippen LogP) is 3.27. The third kappa shape index (κ3) is 3.30. The largest absolute Gasteiger partial charge is 0.454 e. The molecule has 0 unspecified atom stereocenters. The number of carbonyl (C=O) groups excluding carboxylic acids is 3. The van der Waals surface area contributed by atoms with Crippen LogP contribution in [-0.2, 0) is 6.54 Å². The van der Waals surface area contributed by atoms with Crippen LogP contribution < -0.4 is 14.8 Å². The van der Waals surface area contributed by atoms with Gasteiger partial charge < -0.3 is 14.8 Å². The van der Waals surface area contributed by atoms with Gasteiger partial charge in [0.2, 0.25) is 6.79 Å². The summed E-state index contributed by atoms with van der Waals surface area (Å²) in [6.45, 7) is 0.296. The molecule has 0 radical (unpaired) electrons. The van der Waals surface area contributed by atoms with E-state index in [9.17, 15) is 14.4 Å². The van der Waals surface area contributed by atoms with Crippen molar-refractivity contribution in [2.45, 2.75) is 44.7 Å². The third-order valence-electron chi connectivity index (χ3n) is 5.95. The van der Waals surface area contributed by atoms with Gasteiger partial charge in [-0.2, -0.15) is 0 Å². The highest BCUT2D eigenvalue weighted by atomic mass is 16.7. The number of carbonyl (C=O) groups is 3. The summed E-state index contributed by atoms with van der Waals surface area (Å²) in [6.07, 6.45) is 5.42. The van der Waals surface area contributed by atoms with Crippen LogP contribution in [0.3, 0.4) is 0 Å². The number of nitrogens with one attached hydrogen (secondary N) is 1. The minimum absolute atomic E-state index is 0.132. The van der Waals surface area contributed by atoms with Crippen molar-refractivity contribution in [1.29, 1.82) is 0 Å². The standard InChI is InChI=1S/C23H22N2O5/c26-21(24-16-4-2-1-3-5-16)15-7-8-17-18(11-15)23(28)25(22(17)27)12-14-6-9-19-20(10-14)30-13-29-19/h6-11,16H,1-5,12-13H2,(H,24,26). The van der Waals surface area contributed by atoms with Crippen molar-refractivity contribution in [3.8, 4) is 11.5 Å². The molecule has 7 heteroatoms. The molecule has 0 aromatic heterocycles. The molecule has 1 N–H and O–H groups in total. The molecule has 0 bridgehead atoms. The van der Waals surface area contributed by atoms with Gasteiger partial charge in [0.25, 0.3) is 17.7 Å². The van der Waals surface area contributed by atoms with Gasteiger partial charge in [0, 0.05) is 11.6 Å². The van der Waals surface area contributed by atoms with Gasteiger partial charge >= 0.3 is 0 Å². The van der Waals surface area contributed by atoms with E-state index in [1.165, 1.54) is 17.4 Å². The molecule has 1 saturated carbocycles. The number of fused-ring (bicyclic) bond motifs is 2. The monoisotopic (exact) mass is 406 g/mol. The lowest BCUT2D eigenvalue weighted by atomic mass is 9.95. The van der Waals surface area contributed by atoms with E-state index in [1.54, 1.807) is 30.3 Å². The van der Waals surface area contributed by atoms with E-state index >= 15 is 0 Å². The highest BCUT2D eigenvalue weighted by molar-refractivity contribution is 6.22. The van der Waals surface area contributed by atoms with Gasteiger partial charge in [0.15, 0.2) is 11.5 Å². The maximum absolute atomic E-state index is 12.9. The minimum Gasteiger partial charge on any atom is -0.454 e. The molecule has 3 aliphatic rings. The lowest BCUT2D eigenvalue weighted by Crippen LogP contribution is -2.36. The zero-order valence-electron chi connectivity index (χ0n) is 16.5. The maximum atomic E-state index is 12.9. The first-order valence-corrected chi connectivity index (χ1v) is 10.3. The molecular weight excluding hydrogens is 384 g/mol. The third-order valence-corrected chi connectivity index (χ3v) is 5.95. The highest BCUT2D eigenvalue weighted by Crippen LogP contribution is 2.34. The van der Waals surface area contributed by atoms with Crippen LogP contribution in [0.4, 0.5) is 0 Å². The Kier molecular flexibility index (Phi) is 4.65. The lowest BCUT2D eigenvalue weighted by molar-refractivity contribution is 0.0642. The molecule has 2 aliphatic heterocycles. The number of nitrogens with zero attached hydrogens (tertiary/aromatic N) is 1. The molecule has 7 nitrogen and oxygen atoms in total. The Morgan fingerprint density at radius 1 is 0.933 bits per heavy atom. The average molecular weight is 406 g/mol. The fraction of sp³-hybridized carbons (Fsp3) is 0.348. The van der Waals surface area contributed by atoms with Gasteiger partial charge in [-0.25, -0.2) is 0 Å². The Labute approximate surface area is 174 Å². The Balaban J connectivity index is 1.33. The molecule has 3 amide bonds. The Morgan fingerprint density at radius 3 is 2.53 bits per heavy atom. The summed E-state index contributed by atoms with van der Waals surface area (Å²) in [4.78, 5) is 39.6. The lowest BCUT2D eigenvalue weighted by Gasteiger charge is -2.22. The van der Waals surface area contributed by atoms with Crippen LogP contribution in [0.25, 0.3) is 0 Å². The van der Waals surface area contributed by atoms with Crippen molar-refractivity contribution in [3.63, 3.8) is 0 Å². The summed E-state index contributed by atoms with van der Waals surface area (Å²) in [6, 6.07) is 10.3. The van der Waals surface area contributed by atoms with E-state index in [0.717, 1.165) is 31.2 Å². The molecule has 1 fully saturated rings. The molecule has 0 spiro atoms. The second kappa shape index (κ2) is 7.48. The normalized spacial score (nSPS) is 17.9.